The third kappa shape index (κ3) is 4.75. The fourth-order valence-electron chi connectivity index (χ4n) is 6.73. The standard InChI is InChI=1S/C33H33N3O4S/c37-33(40-23-24-7-2-1-3-8-24)36-16-15-26-21-31(36)30-22-27(13-14-28(26)30)34-17-19-35(20-18-34)41(38,39)32-12-6-10-25-9-4-5-11-29(25)32/h1-14,22,26,31H,15-21,23H2. The Kier molecular flexibility index (Phi) is 6.67. The summed E-state index contributed by atoms with van der Waals surface area (Å²) < 4.78 is 34.6. The Balaban J connectivity index is 1.06. The summed E-state index contributed by atoms with van der Waals surface area (Å²) >= 11 is 0. The first kappa shape index (κ1) is 26.0. The number of carbonyl (C=O) groups is 1. The molecule has 2 bridgehead atoms. The summed E-state index contributed by atoms with van der Waals surface area (Å²) in [4.78, 5) is 17.6. The normalized spacial score (nSPS) is 20.7. The number of rotatable bonds is 5. The van der Waals surface area contributed by atoms with E-state index in [2.05, 4.69) is 23.1 Å². The van der Waals surface area contributed by atoms with Crippen LogP contribution in [0.25, 0.3) is 10.8 Å². The van der Waals surface area contributed by atoms with Crippen LogP contribution in [-0.2, 0) is 21.4 Å². The summed E-state index contributed by atoms with van der Waals surface area (Å²) in [6.07, 6.45) is 1.60. The van der Waals surface area contributed by atoms with Crippen molar-refractivity contribution in [2.75, 3.05) is 37.6 Å². The Labute approximate surface area is 241 Å². The molecule has 7 nitrogen and oxygen atoms in total. The number of likely N-dealkylation sites (tertiary alicyclic amines) is 1. The molecule has 4 aromatic carbocycles. The number of sulfonamides is 1. The summed E-state index contributed by atoms with van der Waals surface area (Å²) in [6, 6.07) is 29.5. The van der Waals surface area contributed by atoms with E-state index in [4.69, 9.17) is 4.74 Å². The molecule has 210 valence electrons. The van der Waals surface area contributed by atoms with Gasteiger partial charge >= 0.3 is 6.09 Å². The number of fused-ring (bicyclic) bond motifs is 6. The van der Waals surface area contributed by atoms with Gasteiger partial charge in [0, 0.05) is 43.8 Å². The lowest BCUT2D eigenvalue weighted by atomic mass is 9.96. The zero-order valence-electron chi connectivity index (χ0n) is 22.9. The van der Waals surface area contributed by atoms with Gasteiger partial charge < -0.3 is 14.5 Å². The van der Waals surface area contributed by atoms with Gasteiger partial charge in [0.05, 0.1) is 10.9 Å². The van der Waals surface area contributed by atoms with E-state index in [1.165, 1.54) is 11.1 Å². The molecule has 0 spiro atoms. The van der Waals surface area contributed by atoms with Crippen molar-refractivity contribution in [2.24, 2.45) is 0 Å². The van der Waals surface area contributed by atoms with Crippen LogP contribution in [0.3, 0.4) is 0 Å². The van der Waals surface area contributed by atoms with Crippen LogP contribution in [-0.4, -0.2) is 56.4 Å². The van der Waals surface area contributed by atoms with Gasteiger partial charge in [-0.2, -0.15) is 4.31 Å². The zero-order valence-corrected chi connectivity index (χ0v) is 23.7. The molecule has 0 N–H and O–H groups in total. The smallest absolute Gasteiger partial charge is 0.410 e. The Morgan fingerprint density at radius 1 is 0.805 bits per heavy atom. The highest BCUT2D eigenvalue weighted by atomic mass is 32.2. The minimum absolute atomic E-state index is 0.0139. The van der Waals surface area contributed by atoms with Gasteiger partial charge in [0.25, 0.3) is 0 Å². The molecular formula is C33H33N3O4S. The molecule has 2 heterocycles. The molecule has 0 aromatic heterocycles. The molecule has 2 fully saturated rings. The number of benzene rings is 4. The van der Waals surface area contributed by atoms with E-state index in [0.29, 0.717) is 43.5 Å². The van der Waals surface area contributed by atoms with Crippen LogP contribution in [0.5, 0.6) is 0 Å². The van der Waals surface area contributed by atoms with E-state index in [9.17, 15) is 13.2 Å². The van der Waals surface area contributed by atoms with E-state index in [0.717, 1.165) is 34.9 Å². The summed E-state index contributed by atoms with van der Waals surface area (Å²) in [5.74, 6) is 0.463. The van der Waals surface area contributed by atoms with Crippen LogP contribution in [0, 0.1) is 0 Å². The van der Waals surface area contributed by atoms with Crippen molar-refractivity contribution < 1.29 is 17.9 Å². The summed E-state index contributed by atoms with van der Waals surface area (Å²) in [6.45, 7) is 3.03. The average Bonchev–Trinajstić information content (AvgIpc) is 3.30. The fraction of sp³-hybridized carbons (Fsp3) is 0.303. The van der Waals surface area contributed by atoms with Crippen LogP contribution in [0.2, 0.25) is 0 Å². The first-order valence-electron chi connectivity index (χ1n) is 14.3. The fourth-order valence-corrected chi connectivity index (χ4v) is 8.37. The van der Waals surface area contributed by atoms with Gasteiger partial charge in [-0.15, -0.1) is 0 Å². The van der Waals surface area contributed by atoms with Crippen molar-refractivity contribution in [2.45, 2.75) is 36.3 Å². The molecule has 2 saturated heterocycles. The summed E-state index contributed by atoms with van der Waals surface area (Å²) in [7, 11) is -3.61. The lowest BCUT2D eigenvalue weighted by molar-refractivity contribution is 0.0694. The highest BCUT2D eigenvalue weighted by molar-refractivity contribution is 7.89. The SMILES string of the molecule is O=C(OCc1ccccc1)N1CCC2CC1c1cc(N3CCN(S(=O)(=O)c4cccc5ccccc45)CC3)ccc12. The lowest BCUT2D eigenvalue weighted by Crippen LogP contribution is -2.48. The van der Waals surface area contributed by atoms with Crippen molar-refractivity contribution in [1.82, 2.24) is 9.21 Å². The molecule has 3 aliphatic rings. The predicted molar refractivity (Wildman–Crippen MR) is 159 cm³/mol. The number of piperazine rings is 1. The van der Waals surface area contributed by atoms with Crippen molar-refractivity contribution in [3.8, 4) is 0 Å². The number of nitrogens with zero attached hydrogens (tertiary/aromatic N) is 3. The van der Waals surface area contributed by atoms with E-state index in [1.807, 2.05) is 71.6 Å². The van der Waals surface area contributed by atoms with Crippen LogP contribution >= 0.6 is 0 Å². The molecule has 2 unspecified atom stereocenters. The number of anilines is 1. The third-order valence-corrected chi connectivity index (χ3v) is 10.8. The van der Waals surface area contributed by atoms with Crippen LogP contribution < -0.4 is 4.90 Å². The van der Waals surface area contributed by atoms with Gasteiger partial charge in [-0.05, 0) is 59.0 Å². The lowest BCUT2D eigenvalue weighted by Gasteiger charge is -2.36. The molecule has 2 atom stereocenters. The maximum Gasteiger partial charge on any atom is 0.410 e. The number of ether oxygens (including phenoxy) is 1. The maximum absolute atomic E-state index is 13.6. The minimum atomic E-state index is -3.61. The van der Waals surface area contributed by atoms with Crippen LogP contribution in [0.1, 0.15) is 41.5 Å². The van der Waals surface area contributed by atoms with E-state index < -0.39 is 10.0 Å². The van der Waals surface area contributed by atoms with Gasteiger partial charge in [0.15, 0.2) is 0 Å². The molecular weight excluding hydrogens is 534 g/mol. The number of piperidine rings is 1. The van der Waals surface area contributed by atoms with Crippen molar-refractivity contribution in [1.29, 1.82) is 0 Å². The van der Waals surface area contributed by atoms with Crippen LogP contribution in [0.15, 0.2) is 95.9 Å². The number of carbonyl (C=O) groups excluding carboxylic acids is 1. The number of hydrogen-bond donors (Lipinski definition) is 0. The minimum Gasteiger partial charge on any atom is -0.445 e. The summed E-state index contributed by atoms with van der Waals surface area (Å²) in [5.41, 5.74) is 4.59. The first-order chi connectivity index (χ1) is 20.0. The van der Waals surface area contributed by atoms with E-state index in [-0.39, 0.29) is 18.7 Å². The van der Waals surface area contributed by atoms with Gasteiger partial charge in [-0.25, -0.2) is 13.2 Å². The molecule has 0 radical (unpaired) electrons. The van der Waals surface area contributed by atoms with E-state index in [1.54, 1.807) is 10.4 Å². The van der Waals surface area contributed by atoms with Gasteiger partial charge in [-0.3, -0.25) is 0 Å². The molecule has 2 aliphatic heterocycles. The van der Waals surface area contributed by atoms with Gasteiger partial charge in [0.1, 0.15) is 6.61 Å². The molecule has 8 heteroatoms. The topological polar surface area (TPSA) is 70.2 Å². The Morgan fingerprint density at radius 2 is 1.56 bits per heavy atom. The average molecular weight is 568 g/mol. The Hall–Kier alpha value is -3.88. The molecule has 1 amide bonds. The second-order valence-corrected chi connectivity index (χ2v) is 13.1. The molecule has 0 saturated carbocycles. The Bertz CT molecular complexity index is 1700. The second kappa shape index (κ2) is 10.5. The van der Waals surface area contributed by atoms with Crippen molar-refractivity contribution >= 4 is 32.6 Å². The quantitative estimate of drug-likeness (QED) is 0.299. The van der Waals surface area contributed by atoms with Gasteiger partial charge in [0.2, 0.25) is 10.0 Å². The summed E-state index contributed by atoms with van der Waals surface area (Å²) in [5, 5.41) is 1.68. The van der Waals surface area contributed by atoms with Crippen molar-refractivity contribution in [3.63, 3.8) is 0 Å². The molecule has 4 aromatic rings. The second-order valence-electron chi connectivity index (χ2n) is 11.2. The highest BCUT2D eigenvalue weighted by Gasteiger charge is 2.42. The molecule has 41 heavy (non-hydrogen) atoms. The predicted octanol–water partition coefficient (Wildman–Crippen LogP) is 5.92. The maximum atomic E-state index is 13.6. The molecule has 7 rings (SSSR count). The van der Waals surface area contributed by atoms with E-state index >= 15 is 0 Å². The zero-order chi connectivity index (χ0) is 28.0. The Morgan fingerprint density at radius 3 is 2.39 bits per heavy atom. The van der Waals surface area contributed by atoms with Gasteiger partial charge in [-0.1, -0.05) is 72.8 Å². The van der Waals surface area contributed by atoms with Crippen molar-refractivity contribution in [3.05, 3.63) is 108 Å². The number of hydrogen-bond acceptors (Lipinski definition) is 5. The van der Waals surface area contributed by atoms with Crippen LogP contribution in [0.4, 0.5) is 10.5 Å². The molecule has 1 aliphatic carbocycles. The first-order valence-corrected chi connectivity index (χ1v) is 15.8. The largest absolute Gasteiger partial charge is 0.445 e. The highest BCUT2D eigenvalue weighted by Crippen LogP contribution is 2.50. The third-order valence-electron chi connectivity index (χ3n) is 8.88. The monoisotopic (exact) mass is 567 g/mol. The number of amides is 1.